The van der Waals surface area contributed by atoms with Gasteiger partial charge in [0.15, 0.2) is 0 Å². The number of aromatic carboxylic acids is 1. The molecule has 20 heavy (non-hydrogen) atoms. The Hall–Kier alpha value is -1.59. The number of hydrogen-bond donors (Lipinski definition) is 2. The first-order valence-electron chi connectivity index (χ1n) is 6.29. The van der Waals surface area contributed by atoms with E-state index < -0.39 is 5.97 Å². The van der Waals surface area contributed by atoms with Gasteiger partial charge in [-0.25, -0.2) is 4.79 Å². The van der Waals surface area contributed by atoms with Crippen LogP contribution in [0, 0.1) is 6.92 Å². The smallest absolute Gasteiger partial charge is 0.372 e. The highest BCUT2D eigenvalue weighted by Gasteiger charge is 2.14. The third kappa shape index (κ3) is 3.49. The number of furan rings is 1. The molecule has 0 spiro atoms. The van der Waals surface area contributed by atoms with Gasteiger partial charge in [0.25, 0.3) is 0 Å². The van der Waals surface area contributed by atoms with E-state index in [0.29, 0.717) is 17.9 Å². The number of rotatable bonds is 5. The third-order valence-electron chi connectivity index (χ3n) is 3.09. The average molecular weight is 338 g/mol. The summed E-state index contributed by atoms with van der Waals surface area (Å²) in [5, 5.41) is 12.3. The Morgan fingerprint density at radius 3 is 2.80 bits per heavy atom. The lowest BCUT2D eigenvalue weighted by Crippen LogP contribution is -2.17. The molecule has 4 nitrogen and oxygen atoms in total. The zero-order valence-corrected chi connectivity index (χ0v) is 12.9. The maximum atomic E-state index is 10.9. The van der Waals surface area contributed by atoms with E-state index in [-0.39, 0.29) is 11.8 Å². The van der Waals surface area contributed by atoms with Crippen LogP contribution in [0.1, 0.15) is 40.4 Å². The van der Waals surface area contributed by atoms with Gasteiger partial charge in [0, 0.05) is 16.1 Å². The van der Waals surface area contributed by atoms with Crippen LogP contribution in [0.3, 0.4) is 0 Å². The van der Waals surface area contributed by atoms with Gasteiger partial charge < -0.3 is 14.8 Å². The van der Waals surface area contributed by atoms with Crippen LogP contribution >= 0.6 is 15.9 Å². The molecule has 0 saturated heterocycles. The van der Waals surface area contributed by atoms with Crippen LogP contribution in [0.25, 0.3) is 0 Å². The first-order valence-corrected chi connectivity index (χ1v) is 7.08. The predicted octanol–water partition coefficient (Wildman–Crippen LogP) is 3.90. The zero-order chi connectivity index (χ0) is 14.7. The van der Waals surface area contributed by atoms with Crippen LogP contribution in [0.5, 0.6) is 0 Å². The van der Waals surface area contributed by atoms with Crippen molar-refractivity contribution in [2.45, 2.75) is 26.4 Å². The highest BCUT2D eigenvalue weighted by molar-refractivity contribution is 9.10. The summed E-state index contributed by atoms with van der Waals surface area (Å²) < 4.78 is 6.35. The minimum absolute atomic E-state index is 0.0110. The molecule has 1 aromatic carbocycles. The SMILES string of the molecule is Cc1cc(CNC(C)c2cccc(Br)c2)oc1C(=O)O. The van der Waals surface area contributed by atoms with Gasteiger partial charge in [-0.05, 0) is 37.6 Å². The Labute approximate surface area is 125 Å². The van der Waals surface area contributed by atoms with Crippen molar-refractivity contribution in [3.63, 3.8) is 0 Å². The summed E-state index contributed by atoms with van der Waals surface area (Å²) in [5.74, 6) is -0.396. The summed E-state index contributed by atoms with van der Waals surface area (Å²) in [7, 11) is 0. The van der Waals surface area contributed by atoms with Gasteiger partial charge in [0.2, 0.25) is 5.76 Å². The quantitative estimate of drug-likeness (QED) is 0.868. The Bertz CT molecular complexity index is 621. The van der Waals surface area contributed by atoms with Gasteiger partial charge in [-0.2, -0.15) is 0 Å². The fraction of sp³-hybridized carbons (Fsp3) is 0.267. The molecule has 1 atom stereocenters. The van der Waals surface area contributed by atoms with Crippen molar-refractivity contribution in [1.82, 2.24) is 5.32 Å². The van der Waals surface area contributed by atoms with Crippen molar-refractivity contribution >= 4 is 21.9 Å². The maximum Gasteiger partial charge on any atom is 0.372 e. The van der Waals surface area contributed by atoms with E-state index in [1.807, 2.05) is 24.3 Å². The van der Waals surface area contributed by atoms with E-state index in [9.17, 15) is 4.79 Å². The molecule has 2 rings (SSSR count). The molecule has 106 valence electrons. The van der Waals surface area contributed by atoms with Crippen molar-refractivity contribution in [3.05, 3.63) is 57.5 Å². The van der Waals surface area contributed by atoms with Crippen LogP contribution in [0.4, 0.5) is 0 Å². The molecule has 2 N–H and O–H groups in total. The number of carboxylic acid groups (broad SMARTS) is 1. The molecule has 0 aliphatic carbocycles. The topological polar surface area (TPSA) is 62.5 Å². The molecule has 0 aliphatic rings. The number of halogens is 1. The molecule has 0 fully saturated rings. The fourth-order valence-corrected chi connectivity index (χ4v) is 2.41. The average Bonchev–Trinajstić information content (AvgIpc) is 2.77. The van der Waals surface area contributed by atoms with Gasteiger partial charge in [0.1, 0.15) is 5.76 Å². The molecule has 0 amide bonds. The lowest BCUT2D eigenvalue weighted by molar-refractivity contribution is 0.0659. The normalized spacial score (nSPS) is 12.3. The molecule has 1 heterocycles. The molecule has 0 bridgehead atoms. The predicted molar refractivity (Wildman–Crippen MR) is 79.8 cm³/mol. The van der Waals surface area contributed by atoms with Crippen molar-refractivity contribution in [3.8, 4) is 0 Å². The number of hydrogen-bond acceptors (Lipinski definition) is 3. The minimum Gasteiger partial charge on any atom is -0.475 e. The van der Waals surface area contributed by atoms with Crippen molar-refractivity contribution in [2.24, 2.45) is 0 Å². The zero-order valence-electron chi connectivity index (χ0n) is 11.3. The van der Waals surface area contributed by atoms with Crippen LogP contribution in [-0.2, 0) is 6.54 Å². The maximum absolute atomic E-state index is 10.9. The summed E-state index contributed by atoms with van der Waals surface area (Å²) in [6.45, 7) is 4.27. The summed E-state index contributed by atoms with van der Waals surface area (Å²) in [4.78, 5) is 10.9. The highest BCUT2D eigenvalue weighted by Crippen LogP contribution is 2.19. The van der Waals surface area contributed by atoms with Crippen molar-refractivity contribution < 1.29 is 14.3 Å². The second kappa shape index (κ2) is 6.24. The van der Waals surface area contributed by atoms with Crippen molar-refractivity contribution in [2.75, 3.05) is 0 Å². The van der Waals surface area contributed by atoms with Crippen LogP contribution in [0.15, 0.2) is 39.2 Å². The van der Waals surface area contributed by atoms with E-state index in [1.54, 1.807) is 13.0 Å². The number of aryl methyl sites for hydroxylation is 1. The van der Waals surface area contributed by atoms with Gasteiger partial charge in [-0.15, -0.1) is 0 Å². The van der Waals surface area contributed by atoms with E-state index in [0.717, 1.165) is 10.0 Å². The van der Waals surface area contributed by atoms with Gasteiger partial charge >= 0.3 is 5.97 Å². The number of nitrogens with one attached hydrogen (secondary N) is 1. The van der Waals surface area contributed by atoms with E-state index >= 15 is 0 Å². The highest BCUT2D eigenvalue weighted by atomic mass is 79.9. The standard InChI is InChI=1S/C15H16BrNO3/c1-9-6-13(20-14(9)15(18)19)8-17-10(2)11-4-3-5-12(16)7-11/h3-7,10,17H,8H2,1-2H3,(H,18,19). The van der Waals surface area contributed by atoms with E-state index in [2.05, 4.69) is 28.2 Å². The number of benzene rings is 1. The van der Waals surface area contributed by atoms with E-state index in [1.165, 1.54) is 0 Å². The first kappa shape index (κ1) is 14.8. The Balaban J connectivity index is 2.01. The summed E-state index contributed by atoms with van der Waals surface area (Å²) in [5.41, 5.74) is 1.80. The second-order valence-corrected chi connectivity index (χ2v) is 5.60. The fourth-order valence-electron chi connectivity index (χ4n) is 1.99. The van der Waals surface area contributed by atoms with Gasteiger partial charge in [-0.3, -0.25) is 0 Å². The van der Waals surface area contributed by atoms with Gasteiger partial charge in [0.05, 0.1) is 6.54 Å². The monoisotopic (exact) mass is 337 g/mol. The minimum atomic E-state index is -1.03. The summed E-state index contributed by atoms with van der Waals surface area (Å²) in [6, 6.07) is 9.95. The molecule has 0 aliphatic heterocycles. The Kier molecular flexibility index (Phi) is 4.62. The Morgan fingerprint density at radius 1 is 1.45 bits per heavy atom. The lowest BCUT2D eigenvalue weighted by Gasteiger charge is -2.13. The van der Waals surface area contributed by atoms with Crippen LogP contribution < -0.4 is 5.32 Å². The molecule has 0 saturated carbocycles. The van der Waals surface area contributed by atoms with Crippen LogP contribution in [-0.4, -0.2) is 11.1 Å². The first-order chi connectivity index (χ1) is 9.47. The molecule has 0 radical (unpaired) electrons. The van der Waals surface area contributed by atoms with Gasteiger partial charge in [-0.1, -0.05) is 28.1 Å². The molecule has 5 heteroatoms. The molecule has 1 aromatic heterocycles. The largest absolute Gasteiger partial charge is 0.475 e. The van der Waals surface area contributed by atoms with Crippen molar-refractivity contribution in [1.29, 1.82) is 0 Å². The van der Waals surface area contributed by atoms with E-state index in [4.69, 9.17) is 9.52 Å². The third-order valence-corrected chi connectivity index (χ3v) is 3.59. The Morgan fingerprint density at radius 2 is 2.20 bits per heavy atom. The number of carbonyl (C=O) groups is 1. The van der Waals surface area contributed by atoms with Crippen LogP contribution in [0.2, 0.25) is 0 Å². The molecular formula is C15H16BrNO3. The molecular weight excluding hydrogens is 322 g/mol. The molecule has 1 unspecified atom stereocenters. The molecule has 2 aromatic rings. The summed E-state index contributed by atoms with van der Waals surface area (Å²) >= 11 is 3.44. The number of carboxylic acids is 1. The lowest BCUT2D eigenvalue weighted by atomic mass is 10.1. The summed E-state index contributed by atoms with van der Waals surface area (Å²) in [6.07, 6.45) is 0. The second-order valence-electron chi connectivity index (χ2n) is 4.69.